The van der Waals surface area contributed by atoms with Crippen molar-refractivity contribution in [2.24, 2.45) is 0 Å². The van der Waals surface area contributed by atoms with Gasteiger partial charge in [-0.2, -0.15) is 5.10 Å². The number of benzene rings is 1. The van der Waals surface area contributed by atoms with Crippen LogP contribution >= 0.6 is 0 Å². The van der Waals surface area contributed by atoms with Crippen molar-refractivity contribution in [2.45, 2.75) is 13.5 Å². The Bertz CT molecular complexity index is 1040. The minimum atomic E-state index is -0.230. The lowest BCUT2D eigenvalue weighted by atomic mass is 10.2. The van der Waals surface area contributed by atoms with Crippen molar-refractivity contribution in [3.63, 3.8) is 0 Å². The van der Waals surface area contributed by atoms with E-state index in [2.05, 4.69) is 20.4 Å². The van der Waals surface area contributed by atoms with Gasteiger partial charge in [-0.15, -0.1) is 0 Å². The molecule has 1 N–H and O–H groups in total. The van der Waals surface area contributed by atoms with E-state index in [1.165, 1.54) is 0 Å². The lowest BCUT2D eigenvalue weighted by molar-refractivity contribution is 0.0948. The summed E-state index contributed by atoms with van der Waals surface area (Å²) in [6.07, 6.45) is 4.75. The topological polar surface area (TPSA) is 85.3 Å². The van der Waals surface area contributed by atoms with Gasteiger partial charge in [0.15, 0.2) is 5.65 Å². The number of oxazole rings is 1. The van der Waals surface area contributed by atoms with Crippen LogP contribution in [-0.2, 0) is 6.54 Å². The van der Waals surface area contributed by atoms with Gasteiger partial charge in [0.25, 0.3) is 5.91 Å². The molecule has 7 nitrogen and oxygen atoms in total. The molecule has 25 heavy (non-hydrogen) atoms. The van der Waals surface area contributed by atoms with Gasteiger partial charge in [0.1, 0.15) is 6.26 Å². The number of nitrogens with zero attached hydrogens (tertiary/aromatic N) is 4. The third-order valence-electron chi connectivity index (χ3n) is 3.90. The van der Waals surface area contributed by atoms with Crippen LogP contribution in [0.2, 0.25) is 0 Å². The predicted octanol–water partition coefficient (Wildman–Crippen LogP) is 2.62. The maximum Gasteiger partial charge on any atom is 0.255 e. The number of hydrogen-bond acceptors (Lipinski definition) is 5. The minimum absolute atomic E-state index is 0.230. The average Bonchev–Trinajstić information content (AvgIpc) is 3.30. The van der Waals surface area contributed by atoms with E-state index in [1.807, 2.05) is 37.3 Å². The molecule has 0 atom stereocenters. The average molecular weight is 333 g/mol. The fourth-order valence-electron chi connectivity index (χ4n) is 2.58. The number of carbonyl (C=O) groups excluding carboxylic acids is 1. The van der Waals surface area contributed by atoms with E-state index >= 15 is 0 Å². The molecule has 124 valence electrons. The summed E-state index contributed by atoms with van der Waals surface area (Å²) in [4.78, 5) is 21.1. The highest BCUT2D eigenvalue weighted by molar-refractivity contribution is 5.95. The molecule has 1 amide bonds. The third-order valence-corrected chi connectivity index (χ3v) is 3.90. The quantitative estimate of drug-likeness (QED) is 0.620. The van der Waals surface area contributed by atoms with Crippen LogP contribution in [0.5, 0.6) is 0 Å². The summed E-state index contributed by atoms with van der Waals surface area (Å²) in [5, 5.41) is 7.00. The summed E-state index contributed by atoms with van der Waals surface area (Å²) >= 11 is 0. The fourth-order valence-corrected chi connectivity index (χ4v) is 2.58. The van der Waals surface area contributed by atoms with Gasteiger partial charge in [-0.05, 0) is 19.1 Å². The lowest BCUT2D eigenvalue weighted by Crippen LogP contribution is -2.25. The van der Waals surface area contributed by atoms with Crippen LogP contribution in [0.1, 0.15) is 21.7 Å². The van der Waals surface area contributed by atoms with E-state index in [0.29, 0.717) is 22.8 Å². The van der Waals surface area contributed by atoms with Crippen molar-refractivity contribution >= 4 is 11.6 Å². The minimum Gasteiger partial charge on any atom is -0.444 e. The Morgan fingerprint density at radius 1 is 1.24 bits per heavy atom. The zero-order valence-electron chi connectivity index (χ0n) is 13.5. The number of fused-ring (bicyclic) bond motifs is 1. The standard InChI is InChI=1S/C18H15N5O2/c1-12-15(10-19-16-7-8-21-23(12)16)17(24)20-9-14-11-25-18(22-14)13-5-3-2-4-6-13/h2-8,10-11H,9H2,1H3,(H,20,24). The van der Waals surface area contributed by atoms with E-state index in [-0.39, 0.29) is 12.5 Å². The molecule has 0 aliphatic rings. The van der Waals surface area contributed by atoms with Gasteiger partial charge in [-0.25, -0.2) is 14.5 Å². The Kier molecular flexibility index (Phi) is 3.74. The van der Waals surface area contributed by atoms with Crippen molar-refractivity contribution in [2.75, 3.05) is 0 Å². The van der Waals surface area contributed by atoms with Gasteiger partial charge < -0.3 is 9.73 Å². The first-order chi connectivity index (χ1) is 12.2. The molecule has 0 radical (unpaired) electrons. The van der Waals surface area contributed by atoms with Crippen LogP contribution < -0.4 is 5.32 Å². The first kappa shape index (κ1) is 15.1. The van der Waals surface area contributed by atoms with Crippen LogP contribution in [0.15, 0.2) is 59.5 Å². The van der Waals surface area contributed by atoms with E-state index in [1.54, 1.807) is 29.2 Å². The summed E-state index contributed by atoms with van der Waals surface area (Å²) < 4.78 is 7.11. The highest BCUT2D eigenvalue weighted by atomic mass is 16.3. The van der Waals surface area contributed by atoms with Crippen molar-refractivity contribution in [1.29, 1.82) is 0 Å². The summed E-state index contributed by atoms with van der Waals surface area (Å²) in [5.41, 5.74) is 3.46. The number of nitrogens with one attached hydrogen (secondary N) is 1. The van der Waals surface area contributed by atoms with Gasteiger partial charge in [-0.1, -0.05) is 18.2 Å². The van der Waals surface area contributed by atoms with Gasteiger partial charge in [0, 0.05) is 17.8 Å². The highest BCUT2D eigenvalue weighted by Crippen LogP contribution is 2.18. The molecule has 0 aliphatic carbocycles. The molecule has 0 saturated carbocycles. The Hall–Kier alpha value is -3.48. The number of hydrogen-bond donors (Lipinski definition) is 1. The van der Waals surface area contributed by atoms with Crippen molar-refractivity contribution in [3.05, 3.63) is 72.0 Å². The molecule has 1 aromatic carbocycles. The highest BCUT2D eigenvalue weighted by Gasteiger charge is 2.14. The molecule has 7 heteroatoms. The van der Waals surface area contributed by atoms with Crippen molar-refractivity contribution in [3.8, 4) is 11.5 Å². The maximum absolute atomic E-state index is 12.4. The largest absolute Gasteiger partial charge is 0.444 e. The Balaban J connectivity index is 1.48. The first-order valence-electron chi connectivity index (χ1n) is 7.80. The van der Waals surface area contributed by atoms with Gasteiger partial charge in [0.2, 0.25) is 5.89 Å². The number of aryl methyl sites for hydroxylation is 1. The van der Waals surface area contributed by atoms with E-state index < -0.39 is 0 Å². The summed E-state index contributed by atoms with van der Waals surface area (Å²) in [6.45, 7) is 2.10. The van der Waals surface area contributed by atoms with Gasteiger partial charge >= 0.3 is 0 Å². The molecule has 4 rings (SSSR count). The smallest absolute Gasteiger partial charge is 0.255 e. The molecule has 0 fully saturated rings. The van der Waals surface area contributed by atoms with Crippen LogP contribution in [0.3, 0.4) is 0 Å². The van der Waals surface area contributed by atoms with Gasteiger partial charge in [-0.3, -0.25) is 4.79 Å². The second-order valence-corrected chi connectivity index (χ2v) is 5.55. The normalized spacial score (nSPS) is 10.9. The number of aromatic nitrogens is 4. The Morgan fingerprint density at radius 2 is 2.08 bits per heavy atom. The molecule has 0 saturated heterocycles. The molecular formula is C18H15N5O2. The van der Waals surface area contributed by atoms with Crippen LogP contribution in [0.4, 0.5) is 0 Å². The second-order valence-electron chi connectivity index (χ2n) is 5.55. The van der Waals surface area contributed by atoms with Crippen LogP contribution in [0, 0.1) is 6.92 Å². The van der Waals surface area contributed by atoms with E-state index in [0.717, 1.165) is 11.3 Å². The number of rotatable bonds is 4. The molecule has 4 aromatic rings. The monoisotopic (exact) mass is 333 g/mol. The second kappa shape index (κ2) is 6.20. The molecule has 3 heterocycles. The molecule has 0 spiro atoms. The van der Waals surface area contributed by atoms with Crippen molar-refractivity contribution < 1.29 is 9.21 Å². The van der Waals surface area contributed by atoms with E-state index in [4.69, 9.17) is 4.42 Å². The maximum atomic E-state index is 12.4. The Labute approximate surface area is 143 Å². The molecule has 0 aliphatic heterocycles. The zero-order valence-corrected chi connectivity index (χ0v) is 13.5. The predicted molar refractivity (Wildman–Crippen MR) is 90.8 cm³/mol. The fraction of sp³-hybridized carbons (Fsp3) is 0.111. The van der Waals surface area contributed by atoms with Crippen molar-refractivity contribution in [1.82, 2.24) is 24.9 Å². The zero-order chi connectivity index (χ0) is 17.2. The molecule has 0 unspecified atom stereocenters. The summed E-state index contributed by atoms with van der Waals surface area (Å²) in [6, 6.07) is 11.4. The van der Waals surface area contributed by atoms with Gasteiger partial charge in [0.05, 0.1) is 29.7 Å². The Morgan fingerprint density at radius 3 is 2.92 bits per heavy atom. The number of amides is 1. The number of carbonyl (C=O) groups is 1. The summed E-state index contributed by atoms with van der Waals surface area (Å²) in [7, 11) is 0. The van der Waals surface area contributed by atoms with Crippen LogP contribution in [-0.4, -0.2) is 25.5 Å². The first-order valence-corrected chi connectivity index (χ1v) is 7.80. The summed E-state index contributed by atoms with van der Waals surface area (Å²) in [5.74, 6) is 0.298. The SMILES string of the molecule is Cc1c(C(=O)NCc2coc(-c3ccccc3)n2)cnc2ccnn12. The van der Waals surface area contributed by atoms with Crippen LogP contribution in [0.25, 0.3) is 17.1 Å². The molecule has 0 bridgehead atoms. The molecule has 3 aromatic heterocycles. The lowest BCUT2D eigenvalue weighted by Gasteiger charge is -2.07. The molecular weight excluding hydrogens is 318 g/mol. The third kappa shape index (κ3) is 2.87. The van der Waals surface area contributed by atoms with E-state index in [9.17, 15) is 4.79 Å².